The highest BCUT2D eigenvalue weighted by atomic mass is 19.1. The molecule has 1 aliphatic carbocycles. The predicted molar refractivity (Wildman–Crippen MR) is 128 cm³/mol. The molecule has 1 aromatic rings. The minimum Gasteiger partial charge on any atom is -0.468 e. The van der Waals surface area contributed by atoms with E-state index >= 15 is 0 Å². The lowest BCUT2D eigenvalue weighted by atomic mass is 9.78. The van der Waals surface area contributed by atoms with Crippen molar-refractivity contribution in [2.24, 2.45) is 21.4 Å². The fourth-order valence-electron chi connectivity index (χ4n) is 5.42. The lowest BCUT2D eigenvalue weighted by molar-refractivity contribution is -0.128. The molecule has 1 aromatic heterocycles. The fourth-order valence-corrected chi connectivity index (χ4v) is 5.42. The van der Waals surface area contributed by atoms with E-state index in [0.29, 0.717) is 35.9 Å². The van der Waals surface area contributed by atoms with Crippen LogP contribution in [0.15, 0.2) is 22.4 Å². The van der Waals surface area contributed by atoms with Crippen LogP contribution in [0.25, 0.3) is 0 Å². The van der Waals surface area contributed by atoms with Gasteiger partial charge in [0.1, 0.15) is 17.2 Å². The molecule has 10 heteroatoms. The first-order chi connectivity index (χ1) is 15.9. The van der Waals surface area contributed by atoms with Gasteiger partial charge in [0.2, 0.25) is 0 Å². The Morgan fingerprint density at radius 2 is 2.09 bits per heavy atom. The summed E-state index contributed by atoms with van der Waals surface area (Å²) in [7, 11) is 3.87. The number of nitrogens with zero attached hydrogens (tertiary/aromatic N) is 6. The number of hydrogen-bond donors (Lipinski definition) is 1. The third kappa shape index (κ3) is 6.05. The van der Waals surface area contributed by atoms with E-state index in [0.717, 1.165) is 31.9 Å². The monoisotopic (exact) mass is 461 g/mol. The number of carbonyl (C=O) groups excluding carboxylic acids is 1. The van der Waals surface area contributed by atoms with Crippen molar-refractivity contribution in [3.63, 3.8) is 0 Å². The maximum Gasteiger partial charge on any atom is 0.293 e. The van der Waals surface area contributed by atoms with Crippen LogP contribution in [0.1, 0.15) is 31.9 Å². The van der Waals surface area contributed by atoms with Crippen LogP contribution in [-0.4, -0.2) is 99.2 Å². The summed E-state index contributed by atoms with van der Waals surface area (Å²) in [5.74, 6) is 5.17. The zero-order chi connectivity index (χ0) is 23.8. The van der Waals surface area contributed by atoms with Crippen molar-refractivity contribution in [1.82, 2.24) is 14.8 Å². The van der Waals surface area contributed by atoms with Gasteiger partial charge in [-0.3, -0.25) is 14.7 Å². The highest BCUT2D eigenvalue weighted by molar-refractivity contribution is 6.38. The number of aromatic nitrogens is 1. The molecule has 3 fully saturated rings. The van der Waals surface area contributed by atoms with Crippen LogP contribution in [0.2, 0.25) is 0 Å². The van der Waals surface area contributed by atoms with Gasteiger partial charge in [-0.2, -0.15) is 5.10 Å². The highest BCUT2D eigenvalue weighted by Crippen LogP contribution is 2.46. The molecule has 3 aliphatic rings. The maximum absolute atomic E-state index is 13.9. The molecule has 33 heavy (non-hydrogen) atoms. The number of hydrazone groups is 1. The van der Waals surface area contributed by atoms with Crippen molar-refractivity contribution in [2.75, 3.05) is 64.9 Å². The number of piperazine rings is 1. The molecule has 2 N–H and O–H groups in total. The summed E-state index contributed by atoms with van der Waals surface area (Å²) in [4.78, 5) is 24.7. The minimum atomic E-state index is -0.349. The zero-order valence-corrected chi connectivity index (χ0v) is 19.9. The van der Waals surface area contributed by atoms with Crippen LogP contribution < -0.4 is 10.7 Å². The molecule has 1 unspecified atom stereocenters. The Morgan fingerprint density at radius 1 is 1.36 bits per heavy atom. The summed E-state index contributed by atoms with van der Waals surface area (Å²) in [6.07, 6.45) is 6.75. The van der Waals surface area contributed by atoms with E-state index in [1.165, 1.54) is 44.6 Å². The van der Waals surface area contributed by atoms with Gasteiger partial charge in [-0.15, -0.1) is 0 Å². The molecule has 1 atom stereocenters. The van der Waals surface area contributed by atoms with Gasteiger partial charge in [-0.1, -0.05) is 0 Å². The van der Waals surface area contributed by atoms with E-state index < -0.39 is 0 Å². The average Bonchev–Trinajstić information content (AvgIpc) is 3.24. The first-order valence-corrected chi connectivity index (χ1v) is 11.5. The Morgan fingerprint density at radius 3 is 2.64 bits per heavy atom. The Balaban J connectivity index is 0.000000555. The molecule has 2 saturated heterocycles. The molecule has 0 amide bonds. The third-order valence-corrected chi connectivity index (χ3v) is 6.76. The molecule has 4 rings (SSSR count). The minimum absolute atomic E-state index is 0.349. The van der Waals surface area contributed by atoms with Gasteiger partial charge in [0.05, 0.1) is 24.7 Å². The topological polar surface area (TPSA) is 99.6 Å². The standard InChI is InChI=1S/C20H30FN7.C3H6O2/c1-23-12-17(25-22)19-18(9-15(21)11-24-19)28-7-5-27(6-8-28)16-3-4-20(10-16)13-26(2)14-20;1-2-5-3-4/h9,11-12,16H,3-8,10,13-14,22H2,1-2H3;3H,2H2,1H3/b23-12?,25-17+;. The first-order valence-electron chi connectivity index (χ1n) is 11.5. The fraction of sp³-hybridized carbons (Fsp3) is 0.652. The lowest BCUT2D eigenvalue weighted by Gasteiger charge is -2.47. The van der Waals surface area contributed by atoms with Crippen LogP contribution in [-0.2, 0) is 9.53 Å². The van der Waals surface area contributed by atoms with Crippen LogP contribution in [0.3, 0.4) is 0 Å². The summed E-state index contributed by atoms with van der Waals surface area (Å²) in [5.41, 5.74) is 2.36. The Kier molecular flexibility index (Phi) is 8.74. The Labute approximate surface area is 195 Å². The van der Waals surface area contributed by atoms with E-state index in [1.807, 2.05) is 0 Å². The molecule has 182 valence electrons. The molecule has 2 aliphatic heterocycles. The number of anilines is 1. The zero-order valence-electron chi connectivity index (χ0n) is 19.9. The van der Waals surface area contributed by atoms with Gasteiger partial charge < -0.3 is 20.4 Å². The number of halogens is 1. The van der Waals surface area contributed by atoms with E-state index in [9.17, 15) is 9.18 Å². The summed E-state index contributed by atoms with van der Waals surface area (Å²) < 4.78 is 18.1. The number of rotatable bonds is 6. The molecule has 0 aromatic carbocycles. The molecular formula is C23H36FN7O2. The largest absolute Gasteiger partial charge is 0.468 e. The van der Waals surface area contributed by atoms with Gasteiger partial charge in [-0.05, 0) is 38.6 Å². The van der Waals surface area contributed by atoms with Gasteiger partial charge in [0.25, 0.3) is 6.47 Å². The normalized spacial score (nSPS) is 23.3. The number of pyridine rings is 1. The second-order valence-electron chi connectivity index (χ2n) is 9.07. The van der Waals surface area contributed by atoms with Crippen molar-refractivity contribution in [1.29, 1.82) is 0 Å². The van der Waals surface area contributed by atoms with Crippen LogP contribution in [0, 0.1) is 11.2 Å². The first kappa shape index (κ1) is 25.0. The maximum atomic E-state index is 13.9. The van der Waals surface area contributed by atoms with Crippen LogP contribution >= 0.6 is 0 Å². The third-order valence-electron chi connectivity index (χ3n) is 6.76. The number of aliphatic imine (C=N–C) groups is 1. The Bertz CT molecular complexity index is 849. The number of likely N-dealkylation sites (tertiary alicyclic amines) is 1. The SMILES string of the molecule is CCOC=O.CN=C/C(=N\N)c1ncc(F)cc1N1CCN(C2CCC3(C2)CN(C)C3)CC1. The van der Waals surface area contributed by atoms with Gasteiger partial charge in [0.15, 0.2) is 0 Å². The summed E-state index contributed by atoms with van der Waals surface area (Å²) in [5, 5.41) is 3.79. The molecule has 0 bridgehead atoms. The van der Waals surface area contributed by atoms with Crippen molar-refractivity contribution >= 4 is 24.1 Å². The highest BCUT2D eigenvalue weighted by Gasteiger charge is 2.48. The molecule has 1 saturated carbocycles. The number of nitrogens with two attached hydrogens (primary N) is 1. The lowest BCUT2D eigenvalue weighted by Crippen LogP contribution is -2.54. The second-order valence-corrected chi connectivity index (χ2v) is 9.07. The summed E-state index contributed by atoms with van der Waals surface area (Å²) >= 11 is 0. The van der Waals surface area contributed by atoms with Crippen LogP contribution in [0.4, 0.5) is 10.1 Å². The molecule has 1 spiro atoms. The summed E-state index contributed by atoms with van der Waals surface area (Å²) in [6, 6.07) is 2.22. The number of hydrogen-bond acceptors (Lipinski definition) is 9. The van der Waals surface area contributed by atoms with Crippen molar-refractivity contribution in [3.05, 3.63) is 23.8 Å². The van der Waals surface area contributed by atoms with E-state index in [-0.39, 0.29) is 5.82 Å². The molecular weight excluding hydrogens is 425 g/mol. The van der Waals surface area contributed by atoms with Gasteiger partial charge >= 0.3 is 0 Å². The molecule has 9 nitrogen and oxygen atoms in total. The van der Waals surface area contributed by atoms with Crippen molar-refractivity contribution < 1.29 is 13.9 Å². The average molecular weight is 462 g/mol. The van der Waals surface area contributed by atoms with Gasteiger partial charge in [0, 0.05) is 58.4 Å². The Hall–Kier alpha value is -2.59. The van der Waals surface area contributed by atoms with E-state index in [2.05, 4.69) is 41.6 Å². The number of carbonyl (C=O) groups is 1. The summed E-state index contributed by atoms with van der Waals surface area (Å²) in [6.45, 7) is 8.85. The van der Waals surface area contributed by atoms with Crippen molar-refractivity contribution in [3.8, 4) is 0 Å². The smallest absolute Gasteiger partial charge is 0.293 e. The number of ether oxygens (including phenoxy) is 1. The quantitative estimate of drug-likeness (QED) is 0.296. The predicted octanol–water partition coefficient (Wildman–Crippen LogP) is 1.37. The van der Waals surface area contributed by atoms with Crippen LogP contribution in [0.5, 0.6) is 0 Å². The molecule has 3 heterocycles. The van der Waals surface area contributed by atoms with Gasteiger partial charge in [-0.25, -0.2) is 9.37 Å². The van der Waals surface area contributed by atoms with E-state index in [1.54, 1.807) is 20.2 Å². The second kappa shape index (κ2) is 11.5. The van der Waals surface area contributed by atoms with Crippen molar-refractivity contribution in [2.45, 2.75) is 32.2 Å². The molecule has 0 radical (unpaired) electrons. The van der Waals surface area contributed by atoms with E-state index in [4.69, 9.17) is 5.84 Å².